The number of benzene rings is 1. The first-order chi connectivity index (χ1) is 7.10. The van der Waals surface area contributed by atoms with Gasteiger partial charge in [-0.2, -0.15) is 0 Å². The maximum Gasteiger partial charge on any atom is 0.0396 e. The maximum atomic E-state index is 5.99. The Bertz CT molecular complexity index is 388. The Kier molecular flexibility index (Phi) is 3.73. The number of hydrogen-bond donors (Lipinski definition) is 1. The molecule has 2 N–H and O–H groups in total. The van der Waals surface area contributed by atoms with Crippen molar-refractivity contribution in [1.82, 2.24) is 0 Å². The molecule has 0 amide bonds. The summed E-state index contributed by atoms with van der Waals surface area (Å²) in [5.41, 5.74) is 11.2. The molecule has 0 atom stereocenters. The van der Waals surface area contributed by atoms with Crippen LogP contribution in [-0.4, -0.2) is 0 Å². The fourth-order valence-electron chi connectivity index (χ4n) is 1.50. The summed E-state index contributed by atoms with van der Waals surface area (Å²) in [6.07, 6.45) is 1.88. The van der Waals surface area contributed by atoms with E-state index in [1.54, 1.807) is 0 Å². The molecule has 80 valence electrons. The van der Waals surface area contributed by atoms with Crippen molar-refractivity contribution in [2.24, 2.45) is 0 Å². The van der Waals surface area contributed by atoms with Crippen LogP contribution in [-0.2, 0) is 0 Å². The zero-order valence-electron chi connectivity index (χ0n) is 9.64. The van der Waals surface area contributed by atoms with Gasteiger partial charge in [0.15, 0.2) is 0 Å². The first kappa shape index (κ1) is 11.6. The van der Waals surface area contributed by atoms with Crippen molar-refractivity contribution in [3.63, 3.8) is 0 Å². The van der Waals surface area contributed by atoms with Crippen molar-refractivity contribution in [3.8, 4) is 0 Å². The molecule has 0 radical (unpaired) electrons. The van der Waals surface area contributed by atoms with E-state index in [0.717, 1.165) is 40.8 Å². The Labute approximate surface area is 92.3 Å². The predicted molar refractivity (Wildman–Crippen MR) is 69.5 cm³/mol. The molecular formula is C14H19N. The molecule has 0 aliphatic rings. The lowest BCUT2D eigenvalue weighted by atomic mass is 9.98. The summed E-state index contributed by atoms with van der Waals surface area (Å²) in [5, 5.41) is 0. The average Bonchev–Trinajstić information content (AvgIpc) is 2.26. The number of anilines is 1. The second-order valence-electron chi connectivity index (χ2n) is 3.72. The highest BCUT2D eigenvalue weighted by Crippen LogP contribution is 2.26. The third-order valence-corrected chi connectivity index (χ3v) is 2.69. The van der Waals surface area contributed by atoms with Gasteiger partial charge in [0.1, 0.15) is 0 Å². The predicted octanol–water partition coefficient (Wildman–Crippen LogP) is 4.12. The second-order valence-corrected chi connectivity index (χ2v) is 3.72. The normalized spacial score (nSPS) is 10.0. The van der Waals surface area contributed by atoms with Crippen molar-refractivity contribution in [2.45, 2.75) is 26.7 Å². The molecule has 0 saturated carbocycles. The fourth-order valence-corrected chi connectivity index (χ4v) is 1.50. The van der Waals surface area contributed by atoms with Crippen LogP contribution in [0.4, 0.5) is 5.69 Å². The Balaban J connectivity index is 3.08. The van der Waals surface area contributed by atoms with Gasteiger partial charge in [-0.3, -0.25) is 0 Å². The van der Waals surface area contributed by atoms with Crippen LogP contribution in [0, 0.1) is 0 Å². The van der Waals surface area contributed by atoms with Crippen molar-refractivity contribution < 1.29 is 0 Å². The molecule has 1 aromatic rings. The van der Waals surface area contributed by atoms with Crippen LogP contribution in [0.25, 0.3) is 11.1 Å². The Morgan fingerprint density at radius 3 is 2.20 bits per heavy atom. The summed E-state index contributed by atoms with van der Waals surface area (Å²) in [6.45, 7) is 12.2. The van der Waals surface area contributed by atoms with Gasteiger partial charge in [-0.15, -0.1) is 0 Å². The van der Waals surface area contributed by atoms with Gasteiger partial charge < -0.3 is 5.73 Å². The summed E-state index contributed by atoms with van der Waals surface area (Å²) in [7, 11) is 0. The molecule has 0 saturated heterocycles. The summed E-state index contributed by atoms with van der Waals surface area (Å²) in [4.78, 5) is 0. The second kappa shape index (κ2) is 4.83. The van der Waals surface area contributed by atoms with E-state index < -0.39 is 0 Å². The van der Waals surface area contributed by atoms with Gasteiger partial charge >= 0.3 is 0 Å². The van der Waals surface area contributed by atoms with Gasteiger partial charge in [0.05, 0.1) is 0 Å². The molecule has 1 aromatic carbocycles. The maximum absolute atomic E-state index is 5.99. The quantitative estimate of drug-likeness (QED) is 0.729. The topological polar surface area (TPSA) is 26.0 Å². The summed E-state index contributed by atoms with van der Waals surface area (Å²) in [6, 6.07) is 6.09. The van der Waals surface area contributed by atoms with E-state index in [2.05, 4.69) is 33.1 Å². The van der Waals surface area contributed by atoms with Gasteiger partial charge in [0, 0.05) is 11.3 Å². The minimum absolute atomic E-state index is 0.800. The molecule has 0 unspecified atom stereocenters. The SMILES string of the molecule is C=C(CC)c1ccc(C(=C)CC)c(N)c1. The molecule has 15 heavy (non-hydrogen) atoms. The zero-order valence-corrected chi connectivity index (χ0v) is 9.64. The lowest BCUT2D eigenvalue weighted by molar-refractivity contribution is 1.23. The van der Waals surface area contributed by atoms with Crippen molar-refractivity contribution >= 4 is 16.8 Å². The van der Waals surface area contributed by atoms with Crippen LogP contribution < -0.4 is 5.73 Å². The van der Waals surface area contributed by atoms with E-state index in [1.807, 2.05) is 12.1 Å². The number of allylic oxidation sites excluding steroid dienone is 2. The van der Waals surface area contributed by atoms with Crippen molar-refractivity contribution in [1.29, 1.82) is 0 Å². The molecule has 0 aliphatic carbocycles. The molecule has 1 heteroatoms. The average molecular weight is 201 g/mol. The van der Waals surface area contributed by atoms with E-state index in [9.17, 15) is 0 Å². The first-order valence-corrected chi connectivity index (χ1v) is 5.36. The first-order valence-electron chi connectivity index (χ1n) is 5.36. The van der Waals surface area contributed by atoms with Gasteiger partial charge in [-0.05, 0) is 35.6 Å². The highest BCUT2D eigenvalue weighted by Gasteiger charge is 2.04. The molecule has 0 bridgehead atoms. The van der Waals surface area contributed by atoms with Gasteiger partial charge in [-0.1, -0.05) is 39.1 Å². The zero-order chi connectivity index (χ0) is 11.4. The monoisotopic (exact) mass is 201 g/mol. The minimum Gasteiger partial charge on any atom is -0.398 e. The van der Waals surface area contributed by atoms with Crippen molar-refractivity contribution in [3.05, 3.63) is 42.5 Å². The molecule has 0 heterocycles. The van der Waals surface area contributed by atoms with Crippen LogP contribution in [0.3, 0.4) is 0 Å². The van der Waals surface area contributed by atoms with E-state index >= 15 is 0 Å². The molecule has 0 aromatic heterocycles. The molecule has 1 nitrogen and oxygen atoms in total. The molecule has 0 aliphatic heterocycles. The van der Waals surface area contributed by atoms with E-state index in [0.29, 0.717) is 0 Å². The van der Waals surface area contributed by atoms with E-state index in [4.69, 9.17) is 5.73 Å². The standard InChI is InChI=1S/C14H19N/c1-5-10(3)12-7-8-13(11(4)6-2)14(15)9-12/h7-9H,3-6,15H2,1-2H3. The van der Waals surface area contributed by atoms with Crippen LogP contribution in [0.15, 0.2) is 31.4 Å². The highest BCUT2D eigenvalue weighted by atomic mass is 14.6. The minimum atomic E-state index is 0.800. The molecular weight excluding hydrogens is 182 g/mol. The summed E-state index contributed by atoms with van der Waals surface area (Å²) in [5.74, 6) is 0. The molecule has 0 spiro atoms. The number of nitrogen functional groups attached to an aromatic ring is 1. The lowest BCUT2D eigenvalue weighted by Crippen LogP contribution is -1.94. The number of rotatable bonds is 4. The van der Waals surface area contributed by atoms with Gasteiger partial charge in [0.2, 0.25) is 0 Å². The summed E-state index contributed by atoms with van der Waals surface area (Å²) >= 11 is 0. The van der Waals surface area contributed by atoms with Crippen LogP contribution in [0.2, 0.25) is 0 Å². The largest absolute Gasteiger partial charge is 0.398 e. The van der Waals surface area contributed by atoms with E-state index in [1.165, 1.54) is 0 Å². The number of nitrogens with two attached hydrogens (primary N) is 1. The molecule has 1 rings (SSSR count). The lowest BCUT2D eigenvalue weighted by Gasteiger charge is -2.10. The molecule has 0 fully saturated rings. The van der Waals surface area contributed by atoms with Crippen LogP contribution >= 0.6 is 0 Å². The highest BCUT2D eigenvalue weighted by molar-refractivity contribution is 5.77. The fraction of sp³-hybridized carbons (Fsp3) is 0.286. The third-order valence-electron chi connectivity index (χ3n) is 2.69. The van der Waals surface area contributed by atoms with Gasteiger partial charge in [-0.25, -0.2) is 0 Å². The van der Waals surface area contributed by atoms with Gasteiger partial charge in [0.25, 0.3) is 0 Å². The Morgan fingerprint density at radius 2 is 1.73 bits per heavy atom. The summed E-state index contributed by atoms with van der Waals surface area (Å²) < 4.78 is 0. The Hall–Kier alpha value is -1.50. The van der Waals surface area contributed by atoms with Crippen LogP contribution in [0.1, 0.15) is 37.8 Å². The Morgan fingerprint density at radius 1 is 1.13 bits per heavy atom. The third kappa shape index (κ3) is 2.50. The van der Waals surface area contributed by atoms with Crippen LogP contribution in [0.5, 0.6) is 0 Å². The smallest absolute Gasteiger partial charge is 0.0396 e. The van der Waals surface area contributed by atoms with Crippen molar-refractivity contribution in [2.75, 3.05) is 5.73 Å². The number of hydrogen-bond acceptors (Lipinski definition) is 1. The van der Waals surface area contributed by atoms with E-state index in [-0.39, 0.29) is 0 Å².